The Morgan fingerprint density at radius 3 is 3.12 bits per heavy atom. The highest BCUT2D eigenvalue weighted by Gasteiger charge is 2.12. The van der Waals surface area contributed by atoms with Crippen LogP contribution in [0.25, 0.3) is 22.2 Å². The van der Waals surface area contributed by atoms with Crippen molar-refractivity contribution in [1.29, 1.82) is 5.26 Å². The second-order valence-electron chi connectivity index (χ2n) is 3.20. The maximum atomic E-state index is 8.70. The van der Waals surface area contributed by atoms with Crippen LogP contribution in [0.4, 0.5) is 0 Å². The Hall–Kier alpha value is -2.46. The molecule has 0 aliphatic carbocycles. The van der Waals surface area contributed by atoms with E-state index >= 15 is 0 Å². The first-order valence-corrected chi connectivity index (χ1v) is 5.56. The summed E-state index contributed by atoms with van der Waals surface area (Å²) in [6.07, 6.45) is 3.33. The molecule has 3 heterocycles. The average molecular weight is 243 g/mol. The first-order chi connectivity index (χ1) is 8.36. The van der Waals surface area contributed by atoms with Crippen molar-refractivity contribution in [3.63, 3.8) is 0 Å². The summed E-state index contributed by atoms with van der Waals surface area (Å²) in [7, 11) is 0. The van der Waals surface area contributed by atoms with Gasteiger partial charge < -0.3 is 9.51 Å². The van der Waals surface area contributed by atoms with Gasteiger partial charge in [-0.25, -0.2) is 0 Å². The second kappa shape index (κ2) is 3.84. The third-order valence-electron chi connectivity index (χ3n) is 2.13. The standard InChI is InChI=1S/C10H5N5OS/c11-2-7-1-6(3-13-7)10-14-9(15-16-10)8-4-12-5-17-8/h1,3-5,13H. The molecular weight excluding hydrogens is 238 g/mol. The molecule has 0 bridgehead atoms. The fourth-order valence-electron chi connectivity index (χ4n) is 1.35. The molecule has 17 heavy (non-hydrogen) atoms. The maximum Gasteiger partial charge on any atom is 0.259 e. The monoisotopic (exact) mass is 243 g/mol. The molecule has 1 N–H and O–H groups in total. The van der Waals surface area contributed by atoms with Gasteiger partial charge in [0, 0.05) is 12.4 Å². The van der Waals surface area contributed by atoms with Crippen LogP contribution in [0, 0.1) is 11.3 Å². The Bertz CT molecular complexity index is 676. The van der Waals surface area contributed by atoms with E-state index in [4.69, 9.17) is 9.78 Å². The number of H-pyrrole nitrogens is 1. The van der Waals surface area contributed by atoms with Crippen LogP contribution in [0.2, 0.25) is 0 Å². The molecule has 0 amide bonds. The molecule has 0 aromatic carbocycles. The Morgan fingerprint density at radius 2 is 2.41 bits per heavy atom. The summed E-state index contributed by atoms with van der Waals surface area (Å²) in [5.41, 5.74) is 2.86. The minimum atomic E-state index is 0.381. The van der Waals surface area contributed by atoms with Gasteiger partial charge in [-0.2, -0.15) is 10.2 Å². The summed E-state index contributed by atoms with van der Waals surface area (Å²) in [6, 6.07) is 3.65. The summed E-state index contributed by atoms with van der Waals surface area (Å²) in [6.45, 7) is 0. The van der Waals surface area contributed by atoms with Gasteiger partial charge in [-0.05, 0) is 6.07 Å². The zero-order valence-electron chi connectivity index (χ0n) is 8.41. The normalized spacial score (nSPS) is 10.3. The highest BCUT2D eigenvalue weighted by atomic mass is 32.1. The lowest BCUT2D eigenvalue weighted by Crippen LogP contribution is -1.75. The molecule has 0 spiro atoms. The Morgan fingerprint density at radius 1 is 1.47 bits per heavy atom. The van der Waals surface area contributed by atoms with Crippen molar-refractivity contribution in [3.8, 4) is 28.2 Å². The number of hydrogen-bond donors (Lipinski definition) is 1. The van der Waals surface area contributed by atoms with Crippen molar-refractivity contribution in [2.75, 3.05) is 0 Å². The fraction of sp³-hybridized carbons (Fsp3) is 0. The van der Waals surface area contributed by atoms with E-state index in [1.807, 2.05) is 6.07 Å². The molecule has 7 heteroatoms. The minimum Gasteiger partial charge on any atom is -0.352 e. The van der Waals surface area contributed by atoms with E-state index in [1.165, 1.54) is 11.3 Å². The lowest BCUT2D eigenvalue weighted by atomic mass is 10.3. The van der Waals surface area contributed by atoms with Gasteiger partial charge in [-0.1, -0.05) is 5.16 Å². The van der Waals surface area contributed by atoms with Crippen molar-refractivity contribution in [2.24, 2.45) is 0 Å². The molecule has 0 unspecified atom stereocenters. The smallest absolute Gasteiger partial charge is 0.259 e. The van der Waals surface area contributed by atoms with Crippen molar-refractivity contribution >= 4 is 11.3 Å². The molecule has 3 aromatic rings. The van der Waals surface area contributed by atoms with E-state index in [1.54, 1.807) is 24.0 Å². The lowest BCUT2D eigenvalue weighted by Gasteiger charge is -1.83. The lowest BCUT2D eigenvalue weighted by molar-refractivity contribution is 0.432. The summed E-state index contributed by atoms with van der Waals surface area (Å²) >= 11 is 1.44. The Labute approximate surface area is 99.6 Å². The number of thiazole rings is 1. The number of hydrogen-bond acceptors (Lipinski definition) is 6. The van der Waals surface area contributed by atoms with Crippen LogP contribution < -0.4 is 0 Å². The molecule has 0 fully saturated rings. The molecule has 3 aromatic heterocycles. The topological polar surface area (TPSA) is 91.4 Å². The van der Waals surface area contributed by atoms with Crippen LogP contribution >= 0.6 is 11.3 Å². The third-order valence-corrected chi connectivity index (χ3v) is 2.90. The van der Waals surface area contributed by atoms with Gasteiger partial charge in [-0.3, -0.25) is 4.98 Å². The minimum absolute atomic E-state index is 0.381. The number of nitriles is 1. The quantitative estimate of drug-likeness (QED) is 0.743. The first kappa shape index (κ1) is 9.74. The third kappa shape index (κ3) is 1.70. The number of rotatable bonds is 2. The summed E-state index contributed by atoms with van der Waals surface area (Å²) in [5.74, 6) is 0.883. The SMILES string of the molecule is N#Cc1cc(-c2nc(-c3cncs3)no2)c[nH]1. The van der Waals surface area contributed by atoms with E-state index in [2.05, 4.69) is 20.1 Å². The highest BCUT2D eigenvalue weighted by molar-refractivity contribution is 7.13. The molecule has 0 radical (unpaired) electrons. The number of aromatic nitrogens is 4. The van der Waals surface area contributed by atoms with Crippen LogP contribution in [-0.4, -0.2) is 20.1 Å². The van der Waals surface area contributed by atoms with E-state index < -0.39 is 0 Å². The predicted molar refractivity (Wildman–Crippen MR) is 59.9 cm³/mol. The van der Waals surface area contributed by atoms with Gasteiger partial charge in [0.2, 0.25) is 5.82 Å². The summed E-state index contributed by atoms with van der Waals surface area (Å²) in [5, 5.41) is 12.6. The molecule has 0 aliphatic rings. The zero-order chi connectivity index (χ0) is 11.7. The highest BCUT2D eigenvalue weighted by Crippen LogP contribution is 2.24. The van der Waals surface area contributed by atoms with Gasteiger partial charge in [-0.15, -0.1) is 11.3 Å². The fourth-order valence-corrected chi connectivity index (χ4v) is 1.89. The van der Waals surface area contributed by atoms with E-state index in [-0.39, 0.29) is 0 Å². The van der Waals surface area contributed by atoms with Gasteiger partial charge in [0.25, 0.3) is 5.89 Å². The molecule has 3 rings (SSSR count). The van der Waals surface area contributed by atoms with E-state index in [0.29, 0.717) is 23.0 Å². The average Bonchev–Trinajstić information content (AvgIpc) is 3.09. The van der Waals surface area contributed by atoms with Crippen molar-refractivity contribution < 1.29 is 4.52 Å². The van der Waals surface area contributed by atoms with E-state index in [9.17, 15) is 0 Å². The maximum absolute atomic E-state index is 8.70. The van der Waals surface area contributed by atoms with Crippen LogP contribution in [0.5, 0.6) is 0 Å². The van der Waals surface area contributed by atoms with Crippen LogP contribution in [0.1, 0.15) is 5.69 Å². The largest absolute Gasteiger partial charge is 0.352 e. The molecule has 0 aliphatic heterocycles. The number of nitrogens with zero attached hydrogens (tertiary/aromatic N) is 4. The number of aromatic amines is 1. The molecule has 0 saturated carbocycles. The number of nitrogens with one attached hydrogen (secondary N) is 1. The van der Waals surface area contributed by atoms with Crippen molar-refractivity contribution in [3.05, 3.63) is 29.7 Å². The molecular formula is C10H5N5OS. The molecule has 6 nitrogen and oxygen atoms in total. The van der Waals surface area contributed by atoms with Crippen LogP contribution in [0.15, 0.2) is 28.5 Å². The van der Waals surface area contributed by atoms with E-state index in [0.717, 1.165) is 4.88 Å². The van der Waals surface area contributed by atoms with Gasteiger partial charge in [0.05, 0.1) is 16.0 Å². The summed E-state index contributed by atoms with van der Waals surface area (Å²) in [4.78, 5) is 11.8. The Balaban J connectivity index is 1.98. The van der Waals surface area contributed by atoms with Crippen molar-refractivity contribution in [1.82, 2.24) is 20.1 Å². The van der Waals surface area contributed by atoms with Gasteiger partial charge in [0.15, 0.2) is 0 Å². The molecule has 0 saturated heterocycles. The van der Waals surface area contributed by atoms with Crippen LogP contribution in [0.3, 0.4) is 0 Å². The van der Waals surface area contributed by atoms with Crippen LogP contribution in [-0.2, 0) is 0 Å². The second-order valence-corrected chi connectivity index (χ2v) is 4.09. The molecule has 82 valence electrons. The van der Waals surface area contributed by atoms with Crippen molar-refractivity contribution in [2.45, 2.75) is 0 Å². The van der Waals surface area contributed by atoms with Gasteiger partial charge >= 0.3 is 0 Å². The predicted octanol–water partition coefficient (Wildman–Crippen LogP) is 2.06. The van der Waals surface area contributed by atoms with Gasteiger partial charge in [0.1, 0.15) is 11.8 Å². The molecule has 0 atom stereocenters. The summed E-state index contributed by atoms with van der Waals surface area (Å²) < 4.78 is 5.12. The zero-order valence-corrected chi connectivity index (χ0v) is 9.23. The first-order valence-electron chi connectivity index (χ1n) is 4.68. The Kier molecular flexibility index (Phi) is 2.20.